The summed E-state index contributed by atoms with van der Waals surface area (Å²) in [5.41, 5.74) is 1.60. The van der Waals surface area contributed by atoms with Gasteiger partial charge in [-0.15, -0.1) is 0 Å². The van der Waals surface area contributed by atoms with Gasteiger partial charge in [0.25, 0.3) is 0 Å². The van der Waals surface area contributed by atoms with Gasteiger partial charge in [-0.1, -0.05) is 49.6 Å². The van der Waals surface area contributed by atoms with E-state index in [4.69, 9.17) is 0 Å². The zero-order valence-electron chi connectivity index (χ0n) is 12.2. The van der Waals surface area contributed by atoms with Crippen molar-refractivity contribution in [3.63, 3.8) is 0 Å². The number of phenolic OH excluding ortho intramolecular Hbond substituents is 1. The van der Waals surface area contributed by atoms with Crippen LogP contribution in [0.1, 0.15) is 24.8 Å². The van der Waals surface area contributed by atoms with Gasteiger partial charge >= 0.3 is 0 Å². The Hall–Kier alpha value is -2.13. The van der Waals surface area contributed by atoms with Crippen LogP contribution >= 0.6 is 0 Å². The van der Waals surface area contributed by atoms with Crippen molar-refractivity contribution in [2.45, 2.75) is 31.8 Å². The summed E-state index contributed by atoms with van der Waals surface area (Å²) in [6.45, 7) is 7.25. The Morgan fingerprint density at radius 1 is 1.24 bits per heavy atom. The van der Waals surface area contributed by atoms with Gasteiger partial charge in [0.2, 0.25) is 0 Å². The SMILES string of the molecule is C=C/C=C(\C=C)CC(O)CC(=O)CCc1ccccc1O. The molecule has 112 valence electrons. The number of Topliss-reactive ketones (excluding diaryl/α,β-unsaturated/α-hetero) is 1. The van der Waals surface area contributed by atoms with Crippen LogP contribution in [0.5, 0.6) is 5.75 Å². The predicted molar refractivity (Wildman–Crippen MR) is 85.2 cm³/mol. The molecule has 21 heavy (non-hydrogen) atoms. The van der Waals surface area contributed by atoms with Crippen LogP contribution in [0.2, 0.25) is 0 Å². The molecule has 2 N–H and O–H groups in total. The van der Waals surface area contributed by atoms with Crippen LogP contribution in [-0.2, 0) is 11.2 Å². The Labute approximate surface area is 125 Å². The van der Waals surface area contributed by atoms with Gasteiger partial charge in [-0.25, -0.2) is 0 Å². The summed E-state index contributed by atoms with van der Waals surface area (Å²) in [7, 11) is 0. The summed E-state index contributed by atoms with van der Waals surface area (Å²) in [4.78, 5) is 11.9. The molecule has 0 saturated heterocycles. The molecule has 0 fully saturated rings. The van der Waals surface area contributed by atoms with Crippen molar-refractivity contribution in [2.24, 2.45) is 0 Å². The van der Waals surface area contributed by atoms with Crippen LogP contribution in [0.4, 0.5) is 0 Å². The lowest BCUT2D eigenvalue weighted by molar-refractivity contribution is -0.120. The van der Waals surface area contributed by atoms with Gasteiger partial charge < -0.3 is 10.2 Å². The lowest BCUT2D eigenvalue weighted by Crippen LogP contribution is -2.14. The van der Waals surface area contributed by atoms with E-state index in [2.05, 4.69) is 13.2 Å². The number of para-hydroxylation sites is 1. The Balaban J connectivity index is 2.43. The fourth-order valence-corrected chi connectivity index (χ4v) is 2.08. The normalized spacial score (nSPS) is 12.7. The molecule has 0 aliphatic rings. The summed E-state index contributed by atoms with van der Waals surface area (Å²) in [6, 6.07) is 6.96. The molecule has 1 aromatic carbocycles. The number of aliphatic hydroxyl groups excluding tert-OH is 1. The topological polar surface area (TPSA) is 57.5 Å². The van der Waals surface area contributed by atoms with Crippen LogP contribution in [-0.4, -0.2) is 22.1 Å². The van der Waals surface area contributed by atoms with E-state index in [9.17, 15) is 15.0 Å². The Bertz CT molecular complexity index is 529. The number of carbonyl (C=O) groups is 1. The van der Waals surface area contributed by atoms with Crippen molar-refractivity contribution >= 4 is 5.78 Å². The Morgan fingerprint density at radius 3 is 2.57 bits per heavy atom. The average molecular weight is 286 g/mol. The van der Waals surface area contributed by atoms with E-state index in [-0.39, 0.29) is 18.0 Å². The van der Waals surface area contributed by atoms with Gasteiger partial charge in [-0.05, 0) is 30.0 Å². The molecule has 0 amide bonds. The fourth-order valence-electron chi connectivity index (χ4n) is 2.08. The second kappa shape index (κ2) is 8.93. The van der Waals surface area contributed by atoms with Crippen molar-refractivity contribution < 1.29 is 15.0 Å². The maximum Gasteiger partial charge on any atom is 0.135 e. The third-order valence-corrected chi connectivity index (χ3v) is 3.19. The third kappa shape index (κ3) is 6.23. The lowest BCUT2D eigenvalue weighted by Gasteiger charge is -2.10. The molecule has 0 aromatic heterocycles. The summed E-state index contributed by atoms with van der Waals surface area (Å²) in [6.07, 6.45) is 5.61. The molecule has 1 atom stereocenters. The molecule has 0 radical (unpaired) electrons. The van der Waals surface area contributed by atoms with E-state index in [1.165, 1.54) is 0 Å². The minimum absolute atomic E-state index is 0.0206. The number of aliphatic hydroxyl groups is 1. The molecule has 1 unspecified atom stereocenters. The number of aryl methyl sites for hydroxylation is 1. The van der Waals surface area contributed by atoms with E-state index in [1.807, 2.05) is 6.07 Å². The van der Waals surface area contributed by atoms with Gasteiger partial charge in [-0.3, -0.25) is 4.79 Å². The molecular weight excluding hydrogens is 264 g/mol. The Kier molecular flexibility index (Phi) is 7.19. The first-order valence-electron chi connectivity index (χ1n) is 6.97. The van der Waals surface area contributed by atoms with E-state index < -0.39 is 6.10 Å². The number of aromatic hydroxyl groups is 1. The quantitative estimate of drug-likeness (QED) is 0.685. The van der Waals surface area contributed by atoms with Crippen LogP contribution in [0.25, 0.3) is 0 Å². The van der Waals surface area contributed by atoms with Crippen LogP contribution in [0.3, 0.4) is 0 Å². The van der Waals surface area contributed by atoms with Crippen molar-refractivity contribution in [1.82, 2.24) is 0 Å². The number of ketones is 1. The smallest absolute Gasteiger partial charge is 0.135 e. The fraction of sp³-hybridized carbons (Fsp3) is 0.278. The first-order chi connectivity index (χ1) is 10.1. The maximum atomic E-state index is 11.9. The minimum Gasteiger partial charge on any atom is -0.508 e. The van der Waals surface area contributed by atoms with Crippen LogP contribution in [0.15, 0.2) is 61.2 Å². The largest absolute Gasteiger partial charge is 0.508 e. The number of hydrogen-bond acceptors (Lipinski definition) is 3. The minimum atomic E-state index is -0.717. The molecule has 1 rings (SSSR count). The molecule has 0 aliphatic heterocycles. The van der Waals surface area contributed by atoms with Crippen molar-refractivity contribution in [2.75, 3.05) is 0 Å². The standard InChI is InChI=1S/C18H22O3/c1-3-7-14(4-2)12-17(20)13-16(19)11-10-15-8-5-6-9-18(15)21/h3-9,17,20-21H,1-2,10-13H2/b14-7+. The molecular formula is C18H22O3. The first kappa shape index (κ1) is 16.9. The van der Waals surface area contributed by atoms with Crippen LogP contribution in [0, 0.1) is 0 Å². The highest BCUT2D eigenvalue weighted by Gasteiger charge is 2.12. The zero-order chi connectivity index (χ0) is 15.7. The van der Waals surface area contributed by atoms with Gasteiger partial charge in [0, 0.05) is 12.8 Å². The van der Waals surface area contributed by atoms with Crippen molar-refractivity contribution in [1.29, 1.82) is 0 Å². The first-order valence-corrected chi connectivity index (χ1v) is 6.97. The number of phenols is 1. The van der Waals surface area contributed by atoms with Gasteiger partial charge in [0.15, 0.2) is 0 Å². The van der Waals surface area contributed by atoms with Crippen molar-refractivity contribution in [3.05, 3.63) is 66.8 Å². The van der Waals surface area contributed by atoms with Gasteiger partial charge in [-0.2, -0.15) is 0 Å². The Morgan fingerprint density at radius 2 is 1.95 bits per heavy atom. The van der Waals surface area contributed by atoms with Gasteiger partial charge in [0.05, 0.1) is 6.10 Å². The van der Waals surface area contributed by atoms with E-state index >= 15 is 0 Å². The van der Waals surface area contributed by atoms with E-state index in [0.717, 1.165) is 11.1 Å². The van der Waals surface area contributed by atoms with Gasteiger partial charge in [0.1, 0.15) is 11.5 Å². The number of rotatable bonds is 9. The van der Waals surface area contributed by atoms with Crippen molar-refractivity contribution in [3.8, 4) is 5.75 Å². The maximum absolute atomic E-state index is 11.9. The summed E-state index contributed by atoms with van der Waals surface area (Å²) < 4.78 is 0. The molecule has 0 saturated carbocycles. The second-order valence-corrected chi connectivity index (χ2v) is 4.91. The summed E-state index contributed by atoms with van der Waals surface area (Å²) >= 11 is 0. The van der Waals surface area contributed by atoms with Crippen LogP contribution < -0.4 is 0 Å². The number of carbonyl (C=O) groups excluding carboxylic acids is 1. The molecule has 1 aromatic rings. The monoisotopic (exact) mass is 286 g/mol. The van der Waals surface area contributed by atoms with E-state index in [1.54, 1.807) is 36.4 Å². The predicted octanol–water partition coefficient (Wildman–Crippen LogP) is 3.33. The highest BCUT2D eigenvalue weighted by Crippen LogP contribution is 2.18. The number of benzene rings is 1. The number of hydrogen-bond donors (Lipinski definition) is 2. The molecule has 0 spiro atoms. The zero-order valence-corrected chi connectivity index (χ0v) is 12.2. The highest BCUT2D eigenvalue weighted by atomic mass is 16.3. The summed E-state index contributed by atoms with van der Waals surface area (Å²) in [5, 5.41) is 19.5. The molecule has 0 aliphatic carbocycles. The third-order valence-electron chi connectivity index (χ3n) is 3.19. The van der Waals surface area contributed by atoms with E-state index in [0.29, 0.717) is 19.3 Å². The molecule has 0 bridgehead atoms. The lowest BCUT2D eigenvalue weighted by atomic mass is 9.99. The molecule has 3 heteroatoms. The summed E-state index contributed by atoms with van der Waals surface area (Å²) in [5.74, 6) is 0.182. The number of allylic oxidation sites excluding steroid dienone is 3. The molecule has 0 heterocycles. The highest BCUT2D eigenvalue weighted by molar-refractivity contribution is 5.79. The molecule has 3 nitrogen and oxygen atoms in total. The average Bonchev–Trinajstić information content (AvgIpc) is 2.45. The second-order valence-electron chi connectivity index (χ2n) is 4.91.